The van der Waals surface area contributed by atoms with Gasteiger partial charge in [0.25, 0.3) is 0 Å². The summed E-state index contributed by atoms with van der Waals surface area (Å²) in [5.74, 6) is 0.804. The molecular weight excluding hydrogens is 565 g/mol. The lowest BCUT2D eigenvalue weighted by atomic mass is 10.1. The average molecular weight is 598 g/mol. The van der Waals surface area contributed by atoms with Crippen LogP contribution < -0.4 is 19.1 Å². The summed E-state index contributed by atoms with van der Waals surface area (Å²) in [6, 6.07) is 14.5. The number of benzene rings is 2. The van der Waals surface area contributed by atoms with Gasteiger partial charge >= 0.3 is 0 Å². The molecule has 1 aliphatic heterocycles. The van der Waals surface area contributed by atoms with E-state index in [4.69, 9.17) is 14.2 Å². The van der Waals surface area contributed by atoms with Crippen LogP contribution >= 0.6 is 0 Å². The number of hydrogen-bond donors (Lipinski definition) is 1. The van der Waals surface area contributed by atoms with Crippen LogP contribution in [0, 0.1) is 5.82 Å². The Balaban J connectivity index is 1.56. The molecule has 1 fully saturated rings. The number of para-hydroxylation sites is 1. The Hall–Kier alpha value is -4.30. The number of ether oxygens (including phenoxy) is 3. The molecule has 222 valence electrons. The van der Waals surface area contributed by atoms with Crippen molar-refractivity contribution in [2.45, 2.75) is 37.7 Å². The molecule has 0 aliphatic carbocycles. The Kier molecular flexibility index (Phi) is 8.54. The number of sulfonamides is 1. The second-order valence-corrected chi connectivity index (χ2v) is 11.9. The zero-order chi connectivity index (χ0) is 29.9. The summed E-state index contributed by atoms with van der Waals surface area (Å²) in [5.41, 5.74) is 1.13. The lowest BCUT2D eigenvalue weighted by Crippen LogP contribution is -2.51. The molecular formula is C28H32FN7O5S. The summed E-state index contributed by atoms with van der Waals surface area (Å²) in [7, 11) is -1.08. The van der Waals surface area contributed by atoms with Gasteiger partial charge in [0.2, 0.25) is 21.9 Å². The van der Waals surface area contributed by atoms with Gasteiger partial charge in [0.15, 0.2) is 11.6 Å². The molecule has 1 saturated heterocycles. The summed E-state index contributed by atoms with van der Waals surface area (Å²) < 4.78 is 63.1. The van der Waals surface area contributed by atoms with Crippen molar-refractivity contribution in [3.63, 3.8) is 0 Å². The first-order valence-corrected chi connectivity index (χ1v) is 14.9. The Morgan fingerprint density at radius 2 is 1.62 bits per heavy atom. The van der Waals surface area contributed by atoms with Gasteiger partial charge in [-0.2, -0.15) is 0 Å². The molecule has 0 spiro atoms. The average Bonchev–Trinajstić information content (AvgIpc) is 3.39. The van der Waals surface area contributed by atoms with E-state index in [0.29, 0.717) is 35.1 Å². The Bertz CT molecular complexity index is 1600. The van der Waals surface area contributed by atoms with Gasteiger partial charge in [-0.15, -0.1) is 10.2 Å². The molecule has 0 bridgehead atoms. The maximum Gasteiger partial charge on any atom is 0.243 e. The van der Waals surface area contributed by atoms with E-state index in [9.17, 15) is 12.8 Å². The highest BCUT2D eigenvalue weighted by atomic mass is 32.2. The molecule has 3 heterocycles. The maximum absolute atomic E-state index is 14.0. The highest BCUT2D eigenvalue weighted by molar-refractivity contribution is 7.93. The van der Waals surface area contributed by atoms with E-state index >= 15 is 0 Å². The van der Waals surface area contributed by atoms with Crippen LogP contribution in [0.4, 0.5) is 16.3 Å². The topological polar surface area (TPSA) is 134 Å². The van der Waals surface area contributed by atoms with Crippen LogP contribution in [-0.4, -0.2) is 77.9 Å². The number of rotatable bonds is 10. The molecule has 2 unspecified atom stereocenters. The zero-order valence-electron chi connectivity index (χ0n) is 23.6. The Morgan fingerprint density at radius 3 is 2.24 bits per heavy atom. The minimum absolute atomic E-state index is 0.0480. The molecule has 14 heteroatoms. The van der Waals surface area contributed by atoms with Gasteiger partial charge in [0.05, 0.1) is 38.8 Å². The lowest BCUT2D eigenvalue weighted by Gasteiger charge is -2.37. The Morgan fingerprint density at radius 1 is 0.952 bits per heavy atom. The third-order valence-electron chi connectivity index (χ3n) is 6.72. The van der Waals surface area contributed by atoms with E-state index in [2.05, 4.69) is 24.9 Å². The smallest absolute Gasteiger partial charge is 0.243 e. The summed E-state index contributed by atoms with van der Waals surface area (Å²) in [4.78, 5) is 9.80. The van der Waals surface area contributed by atoms with Gasteiger partial charge in [0.1, 0.15) is 22.4 Å². The second kappa shape index (κ2) is 12.3. The van der Waals surface area contributed by atoms with Crippen molar-refractivity contribution in [1.82, 2.24) is 24.7 Å². The number of aromatic nitrogens is 5. The number of halogens is 1. The maximum atomic E-state index is 14.0. The van der Waals surface area contributed by atoms with E-state index in [1.807, 2.05) is 44.2 Å². The number of nitrogens with one attached hydrogen (secondary N) is 1. The van der Waals surface area contributed by atoms with E-state index in [1.54, 1.807) is 27.7 Å². The predicted molar refractivity (Wildman–Crippen MR) is 155 cm³/mol. The fourth-order valence-electron chi connectivity index (χ4n) is 4.95. The molecule has 0 amide bonds. The van der Waals surface area contributed by atoms with Crippen LogP contribution in [0.1, 0.15) is 20.3 Å². The number of anilines is 2. The highest BCUT2D eigenvalue weighted by Crippen LogP contribution is 2.38. The monoisotopic (exact) mass is 597 g/mol. The third-order valence-corrected chi connectivity index (χ3v) is 8.41. The van der Waals surface area contributed by atoms with Crippen molar-refractivity contribution in [3.05, 3.63) is 66.7 Å². The van der Waals surface area contributed by atoms with Crippen LogP contribution in [0.25, 0.3) is 17.1 Å². The largest absolute Gasteiger partial charge is 0.494 e. The van der Waals surface area contributed by atoms with Gasteiger partial charge in [-0.3, -0.25) is 9.29 Å². The van der Waals surface area contributed by atoms with Gasteiger partial charge in [-0.05, 0) is 32.4 Å². The van der Waals surface area contributed by atoms with Crippen LogP contribution in [-0.2, 0) is 14.8 Å². The van der Waals surface area contributed by atoms with Gasteiger partial charge in [-0.1, -0.05) is 36.4 Å². The molecule has 1 N–H and O–H groups in total. The highest BCUT2D eigenvalue weighted by Gasteiger charge is 2.38. The number of nitrogens with zero attached hydrogens (tertiary/aromatic N) is 6. The van der Waals surface area contributed by atoms with E-state index < -0.39 is 27.2 Å². The second-order valence-electron chi connectivity index (χ2n) is 9.98. The van der Waals surface area contributed by atoms with Crippen LogP contribution in [0.15, 0.2) is 60.9 Å². The van der Waals surface area contributed by atoms with Gasteiger partial charge in [0, 0.05) is 18.7 Å². The minimum atomic E-state index is -4.10. The number of piperidine rings is 1. The normalized spacial score (nSPS) is 17.3. The summed E-state index contributed by atoms with van der Waals surface area (Å²) >= 11 is 0. The van der Waals surface area contributed by atoms with E-state index in [0.717, 1.165) is 12.4 Å². The molecule has 42 heavy (non-hydrogen) atoms. The summed E-state index contributed by atoms with van der Waals surface area (Å²) in [5, 5.41) is 7.66. The molecule has 2 aromatic heterocycles. The molecule has 2 atom stereocenters. The van der Waals surface area contributed by atoms with Gasteiger partial charge in [-0.25, -0.2) is 22.8 Å². The summed E-state index contributed by atoms with van der Waals surface area (Å²) in [6.45, 7) is 4.16. The van der Waals surface area contributed by atoms with Crippen molar-refractivity contribution >= 4 is 21.9 Å². The van der Waals surface area contributed by atoms with Crippen molar-refractivity contribution in [3.8, 4) is 28.6 Å². The van der Waals surface area contributed by atoms with E-state index in [-0.39, 0.29) is 31.0 Å². The lowest BCUT2D eigenvalue weighted by molar-refractivity contribution is 0.00147. The molecule has 0 radical (unpaired) electrons. The van der Waals surface area contributed by atoms with Crippen molar-refractivity contribution in [2.24, 2.45) is 0 Å². The molecule has 2 aromatic carbocycles. The molecule has 4 aromatic rings. The number of methoxy groups -OCH3 is 2. The fourth-order valence-corrected chi connectivity index (χ4v) is 6.35. The summed E-state index contributed by atoms with van der Waals surface area (Å²) in [6.07, 6.45) is 1.72. The fraction of sp³-hybridized carbons (Fsp3) is 0.357. The SMILES string of the molecule is COc1cccc(OC)c1-n1c(NS(=O)(=O)C2CC(OC(C)C)CN(c3ncc(F)cn3)C2)nnc1-c1ccccc1. The first kappa shape index (κ1) is 29.2. The van der Waals surface area contributed by atoms with Crippen LogP contribution in [0.3, 0.4) is 0 Å². The van der Waals surface area contributed by atoms with Crippen molar-refractivity contribution < 1.29 is 27.0 Å². The quantitative estimate of drug-likeness (QED) is 0.289. The van der Waals surface area contributed by atoms with E-state index in [1.165, 1.54) is 14.2 Å². The molecule has 5 rings (SSSR count). The zero-order valence-corrected chi connectivity index (χ0v) is 24.5. The minimum Gasteiger partial charge on any atom is -0.494 e. The van der Waals surface area contributed by atoms with Crippen LogP contribution in [0.5, 0.6) is 11.5 Å². The predicted octanol–water partition coefficient (Wildman–Crippen LogP) is 3.69. The first-order valence-electron chi connectivity index (χ1n) is 13.3. The van der Waals surface area contributed by atoms with Crippen LogP contribution in [0.2, 0.25) is 0 Å². The molecule has 1 aliphatic rings. The standard InChI is InChI=1S/C28H32FN7O5S/c1-18(2)41-21-13-22(17-35(16-21)27-30-14-20(29)15-31-27)42(37,38)34-28-33-32-26(19-9-6-5-7-10-19)36(28)25-23(39-3)11-8-12-24(25)40-4/h5-12,14-15,18,21-22H,13,16-17H2,1-4H3,(H,33,34). The first-order chi connectivity index (χ1) is 20.2. The number of hydrogen-bond acceptors (Lipinski definition) is 10. The molecule has 12 nitrogen and oxygen atoms in total. The van der Waals surface area contributed by atoms with Gasteiger partial charge < -0.3 is 19.1 Å². The van der Waals surface area contributed by atoms with Crippen molar-refractivity contribution in [2.75, 3.05) is 36.9 Å². The molecule has 0 saturated carbocycles. The third kappa shape index (κ3) is 6.14. The Labute approximate surface area is 243 Å². The van der Waals surface area contributed by atoms with Crippen molar-refractivity contribution in [1.29, 1.82) is 0 Å².